The Morgan fingerprint density at radius 1 is 1.18 bits per heavy atom. The van der Waals surface area contributed by atoms with Crippen molar-refractivity contribution in [1.29, 1.82) is 0 Å². The van der Waals surface area contributed by atoms with E-state index >= 15 is 0 Å². The molecule has 1 saturated heterocycles. The largest absolute Gasteiger partial charge is 0.490 e. The Morgan fingerprint density at radius 3 is 2.36 bits per heavy atom. The number of halogens is 2. The SMILES string of the molecule is CC(C)(C)OC(=O)N1CCC(Oc2ccc(Cl)c(Cl)c2)CC1. The van der Waals surface area contributed by atoms with Crippen LogP contribution in [-0.2, 0) is 4.74 Å². The van der Waals surface area contributed by atoms with Crippen molar-refractivity contribution in [3.8, 4) is 5.75 Å². The molecule has 0 spiro atoms. The number of hydrogen-bond donors (Lipinski definition) is 0. The summed E-state index contributed by atoms with van der Waals surface area (Å²) in [7, 11) is 0. The van der Waals surface area contributed by atoms with Gasteiger partial charge in [-0.25, -0.2) is 4.79 Å². The molecule has 1 amide bonds. The van der Waals surface area contributed by atoms with Crippen molar-refractivity contribution < 1.29 is 14.3 Å². The summed E-state index contributed by atoms with van der Waals surface area (Å²) in [5.41, 5.74) is -0.468. The Kier molecular flexibility index (Phi) is 5.45. The van der Waals surface area contributed by atoms with E-state index < -0.39 is 5.60 Å². The lowest BCUT2D eigenvalue weighted by atomic mass is 10.1. The van der Waals surface area contributed by atoms with Crippen molar-refractivity contribution in [3.63, 3.8) is 0 Å². The van der Waals surface area contributed by atoms with E-state index in [0.717, 1.165) is 12.8 Å². The minimum atomic E-state index is -0.468. The molecule has 1 aromatic carbocycles. The highest BCUT2D eigenvalue weighted by atomic mass is 35.5. The first-order valence-corrected chi connectivity index (χ1v) is 8.10. The third-order valence-electron chi connectivity index (χ3n) is 3.29. The number of ether oxygens (including phenoxy) is 2. The van der Waals surface area contributed by atoms with Gasteiger partial charge in [0, 0.05) is 32.0 Å². The highest BCUT2D eigenvalue weighted by Gasteiger charge is 2.27. The highest BCUT2D eigenvalue weighted by Crippen LogP contribution is 2.28. The van der Waals surface area contributed by atoms with Gasteiger partial charge in [0.15, 0.2) is 0 Å². The number of piperidine rings is 1. The molecule has 0 N–H and O–H groups in total. The van der Waals surface area contributed by atoms with Crippen molar-refractivity contribution in [1.82, 2.24) is 4.90 Å². The lowest BCUT2D eigenvalue weighted by Gasteiger charge is -2.33. The van der Waals surface area contributed by atoms with E-state index in [1.165, 1.54) is 0 Å². The van der Waals surface area contributed by atoms with Gasteiger partial charge in [0.25, 0.3) is 0 Å². The zero-order chi connectivity index (χ0) is 16.3. The predicted molar refractivity (Wildman–Crippen MR) is 87.9 cm³/mol. The molecule has 2 rings (SSSR count). The lowest BCUT2D eigenvalue weighted by molar-refractivity contribution is 0.0126. The lowest BCUT2D eigenvalue weighted by Crippen LogP contribution is -2.44. The maximum absolute atomic E-state index is 12.0. The molecule has 1 aliphatic heterocycles. The van der Waals surface area contributed by atoms with Gasteiger partial charge in [0.05, 0.1) is 10.0 Å². The molecule has 122 valence electrons. The Morgan fingerprint density at radius 2 is 1.82 bits per heavy atom. The molecule has 0 aromatic heterocycles. The summed E-state index contributed by atoms with van der Waals surface area (Å²) in [6.07, 6.45) is 1.33. The molecule has 1 heterocycles. The van der Waals surface area contributed by atoms with Gasteiger partial charge in [-0.2, -0.15) is 0 Å². The first-order valence-electron chi connectivity index (χ1n) is 7.34. The third-order valence-corrected chi connectivity index (χ3v) is 4.03. The summed E-state index contributed by atoms with van der Waals surface area (Å²) >= 11 is 11.9. The summed E-state index contributed by atoms with van der Waals surface area (Å²) in [5.74, 6) is 0.699. The van der Waals surface area contributed by atoms with Crippen LogP contribution in [0.4, 0.5) is 4.79 Å². The molecular formula is C16H21Cl2NO3. The zero-order valence-corrected chi connectivity index (χ0v) is 14.6. The maximum Gasteiger partial charge on any atom is 0.410 e. The van der Waals surface area contributed by atoms with Gasteiger partial charge in [0.1, 0.15) is 17.5 Å². The monoisotopic (exact) mass is 345 g/mol. The first kappa shape index (κ1) is 17.2. The number of carbonyl (C=O) groups is 1. The summed E-state index contributed by atoms with van der Waals surface area (Å²) < 4.78 is 11.3. The summed E-state index contributed by atoms with van der Waals surface area (Å²) in [5, 5.41) is 0.985. The second-order valence-electron chi connectivity index (χ2n) is 6.36. The number of likely N-dealkylation sites (tertiary alicyclic amines) is 1. The molecule has 1 aliphatic rings. The Balaban J connectivity index is 1.84. The van der Waals surface area contributed by atoms with Gasteiger partial charge in [0.2, 0.25) is 0 Å². The van der Waals surface area contributed by atoms with E-state index in [1.807, 2.05) is 20.8 Å². The molecule has 4 nitrogen and oxygen atoms in total. The fourth-order valence-electron chi connectivity index (χ4n) is 2.23. The zero-order valence-electron chi connectivity index (χ0n) is 13.1. The fourth-order valence-corrected chi connectivity index (χ4v) is 2.51. The third kappa shape index (κ3) is 4.96. The first-order chi connectivity index (χ1) is 10.2. The molecule has 0 bridgehead atoms. The quantitative estimate of drug-likeness (QED) is 0.774. The average molecular weight is 346 g/mol. The highest BCUT2D eigenvalue weighted by molar-refractivity contribution is 6.42. The van der Waals surface area contributed by atoms with Gasteiger partial charge in [-0.15, -0.1) is 0 Å². The summed E-state index contributed by atoms with van der Waals surface area (Å²) in [6.45, 7) is 6.85. The molecule has 0 aliphatic carbocycles. The van der Waals surface area contributed by atoms with E-state index in [1.54, 1.807) is 23.1 Å². The summed E-state index contributed by atoms with van der Waals surface area (Å²) in [4.78, 5) is 13.7. The van der Waals surface area contributed by atoms with Crippen LogP contribution in [0, 0.1) is 0 Å². The van der Waals surface area contributed by atoms with E-state index in [4.69, 9.17) is 32.7 Å². The smallest absolute Gasteiger partial charge is 0.410 e. The number of carbonyl (C=O) groups excluding carboxylic acids is 1. The second kappa shape index (κ2) is 6.97. The minimum absolute atomic E-state index is 0.0657. The number of nitrogens with zero attached hydrogens (tertiary/aromatic N) is 1. The van der Waals surface area contributed by atoms with Gasteiger partial charge < -0.3 is 14.4 Å². The molecule has 0 unspecified atom stereocenters. The second-order valence-corrected chi connectivity index (χ2v) is 7.17. The van der Waals surface area contributed by atoms with Crippen LogP contribution in [0.25, 0.3) is 0 Å². The molecule has 1 aromatic rings. The van der Waals surface area contributed by atoms with Crippen LogP contribution in [0.5, 0.6) is 5.75 Å². The molecule has 0 saturated carbocycles. The van der Waals surface area contributed by atoms with Gasteiger partial charge in [-0.05, 0) is 32.9 Å². The van der Waals surface area contributed by atoms with Crippen molar-refractivity contribution >= 4 is 29.3 Å². The molecule has 22 heavy (non-hydrogen) atoms. The maximum atomic E-state index is 12.0. The van der Waals surface area contributed by atoms with E-state index in [2.05, 4.69) is 0 Å². The number of rotatable bonds is 2. The normalized spacial score (nSPS) is 16.5. The van der Waals surface area contributed by atoms with Crippen LogP contribution in [0.15, 0.2) is 18.2 Å². The van der Waals surface area contributed by atoms with E-state index in [-0.39, 0.29) is 12.2 Å². The van der Waals surface area contributed by atoms with Crippen molar-refractivity contribution in [2.75, 3.05) is 13.1 Å². The van der Waals surface area contributed by atoms with Crippen LogP contribution in [0.3, 0.4) is 0 Å². The van der Waals surface area contributed by atoms with Gasteiger partial charge in [-0.3, -0.25) is 0 Å². The molecular weight excluding hydrogens is 325 g/mol. The number of benzene rings is 1. The van der Waals surface area contributed by atoms with Crippen LogP contribution in [0.2, 0.25) is 10.0 Å². The Bertz CT molecular complexity index is 535. The van der Waals surface area contributed by atoms with Crippen LogP contribution < -0.4 is 4.74 Å². The standard InChI is InChI=1S/C16H21Cl2NO3/c1-16(2,3)22-15(20)19-8-6-11(7-9-19)21-12-4-5-13(17)14(18)10-12/h4-5,10-11H,6-9H2,1-3H3. The Hall–Kier alpha value is -1.13. The average Bonchev–Trinajstić information content (AvgIpc) is 2.42. The van der Waals surface area contributed by atoms with Gasteiger partial charge in [-0.1, -0.05) is 23.2 Å². The van der Waals surface area contributed by atoms with Crippen molar-refractivity contribution in [3.05, 3.63) is 28.2 Å². The Labute approximate surface area is 141 Å². The van der Waals surface area contributed by atoms with Crippen LogP contribution in [-0.4, -0.2) is 35.8 Å². The van der Waals surface area contributed by atoms with Crippen molar-refractivity contribution in [2.24, 2.45) is 0 Å². The van der Waals surface area contributed by atoms with Gasteiger partial charge >= 0.3 is 6.09 Å². The van der Waals surface area contributed by atoms with E-state index in [0.29, 0.717) is 28.9 Å². The topological polar surface area (TPSA) is 38.8 Å². The summed E-state index contributed by atoms with van der Waals surface area (Å²) in [6, 6.07) is 5.23. The van der Waals surface area contributed by atoms with Crippen LogP contribution >= 0.6 is 23.2 Å². The van der Waals surface area contributed by atoms with Crippen LogP contribution in [0.1, 0.15) is 33.6 Å². The predicted octanol–water partition coefficient (Wildman–Crippen LogP) is 4.77. The van der Waals surface area contributed by atoms with Crippen molar-refractivity contribution in [2.45, 2.75) is 45.3 Å². The van der Waals surface area contributed by atoms with E-state index in [9.17, 15) is 4.79 Å². The minimum Gasteiger partial charge on any atom is -0.490 e. The molecule has 1 fully saturated rings. The molecule has 6 heteroatoms. The number of hydrogen-bond acceptors (Lipinski definition) is 3. The number of amides is 1. The fraction of sp³-hybridized carbons (Fsp3) is 0.562. The molecule has 0 atom stereocenters. The molecule has 0 radical (unpaired) electrons.